The van der Waals surface area contributed by atoms with Gasteiger partial charge in [0.05, 0.1) is 0 Å². The molecule has 1 N–H and O–H groups in total. The molecule has 2 aromatic rings. The summed E-state index contributed by atoms with van der Waals surface area (Å²) >= 11 is 0. The summed E-state index contributed by atoms with van der Waals surface area (Å²) in [7, 11) is 1.91. The molecule has 0 fully saturated rings. The summed E-state index contributed by atoms with van der Waals surface area (Å²) in [6.07, 6.45) is 0.579. The van der Waals surface area contributed by atoms with Gasteiger partial charge in [-0.3, -0.25) is 4.79 Å². The molecule has 0 radical (unpaired) electrons. The summed E-state index contributed by atoms with van der Waals surface area (Å²) in [5, 5.41) is 11.0. The number of amides is 1. The Labute approximate surface area is 112 Å². The number of para-hydroxylation sites is 1. The van der Waals surface area contributed by atoms with Crippen molar-refractivity contribution in [2.45, 2.75) is 20.3 Å². The smallest absolute Gasteiger partial charge is 0.227 e. The van der Waals surface area contributed by atoms with Crippen molar-refractivity contribution in [1.82, 2.24) is 14.8 Å². The number of aromatic nitrogens is 3. The van der Waals surface area contributed by atoms with E-state index in [0.717, 1.165) is 17.3 Å². The lowest BCUT2D eigenvalue weighted by molar-refractivity contribution is -0.119. The van der Waals surface area contributed by atoms with Crippen molar-refractivity contribution in [3.63, 3.8) is 0 Å². The molecule has 0 saturated carbocycles. The van der Waals surface area contributed by atoms with Crippen LogP contribution in [-0.4, -0.2) is 20.7 Å². The van der Waals surface area contributed by atoms with E-state index in [1.54, 1.807) is 0 Å². The molecule has 0 aliphatic heterocycles. The molecule has 0 saturated heterocycles. The minimum Gasteiger partial charge on any atom is -0.326 e. The van der Waals surface area contributed by atoms with Crippen LogP contribution in [0.1, 0.15) is 18.6 Å². The lowest BCUT2D eigenvalue weighted by Crippen LogP contribution is -2.23. The van der Waals surface area contributed by atoms with Crippen LogP contribution in [0.2, 0.25) is 0 Å². The van der Waals surface area contributed by atoms with E-state index in [9.17, 15) is 4.79 Å². The molecular weight excluding hydrogens is 240 g/mol. The van der Waals surface area contributed by atoms with E-state index >= 15 is 0 Å². The lowest BCUT2D eigenvalue weighted by atomic mass is 10.1. The van der Waals surface area contributed by atoms with E-state index in [2.05, 4.69) is 15.5 Å². The molecule has 0 spiro atoms. The van der Waals surface area contributed by atoms with Crippen LogP contribution >= 0.6 is 0 Å². The van der Waals surface area contributed by atoms with Crippen molar-refractivity contribution in [2.75, 3.05) is 5.32 Å². The van der Waals surface area contributed by atoms with Crippen LogP contribution in [0, 0.1) is 12.8 Å². The second-order valence-electron chi connectivity index (χ2n) is 4.68. The van der Waals surface area contributed by atoms with Crippen molar-refractivity contribution in [2.24, 2.45) is 13.0 Å². The van der Waals surface area contributed by atoms with E-state index in [1.807, 2.05) is 55.8 Å². The summed E-state index contributed by atoms with van der Waals surface area (Å²) in [4.78, 5) is 12.1. The van der Waals surface area contributed by atoms with Gasteiger partial charge in [-0.05, 0) is 19.1 Å². The van der Waals surface area contributed by atoms with Gasteiger partial charge in [-0.1, -0.05) is 25.1 Å². The number of rotatable bonds is 4. The molecule has 0 aliphatic rings. The molecule has 1 aromatic heterocycles. The first-order valence-electron chi connectivity index (χ1n) is 6.28. The molecule has 0 unspecified atom stereocenters. The van der Waals surface area contributed by atoms with Crippen molar-refractivity contribution < 1.29 is 4.79 Å². The zero-order chi connectivity index (χ0) is 13.8. The number of nitrogens with zero attached hydrogens (tertiary/aromatic N) is 3. The highest BCUT2D eigenvalue weighted by Gasteiger charge is 2.17. The molecule has 19 heavy (non-hydrogen) atoms. The minimum absolute atomic E-state index is 0.00754. The largest absolute Gasteiger partial charge is 0.326 e. The quantitative estimate of drug-likeness (QED) is 0.911. The minimum atomic E-state index is -0.150. The van der Waals surface area contributed by atoms with Gasteiger partial charge in [0, 0.05) is 25.1 Å². The highest BCUT2D eigenvalue weighted by molar-refractivity contribution is 5.92. The lowest BCUT2D eigenvalue weighted by Gasteiger charge is -2.11. The van der Waals surface area contributed by atoms with Gasteiger partial charge in [0.2, 0.25) is 5.91 Å². The van der Waals surface area contributed by atoms with Gasteiger partial charge in [-0.25, -0.2) is 0 Å². The van der Waals surface area contributed by atoms with Crippen LogP contribution in [0.25, 0.3) is 0 Å². The average Bonchev–Trinajstić information content (AvgIpc) is 2.72. The van der Waals surface area contributed by atoms with E-state index in [-0.39, 0.29) is 11.8 Å². The first-order chi connectivity index (χ1) is 9.08. The molecule has 5 heteroatoms. The van der Waals surface area contributed by atoms with Gasteiger partial charge in [0.25, 0.3) is 0 Å². The normalized spacial score (nSPS) is 12.2. The third-order valence-electron chi connectivity index (χ3n) is 3.16. The maximum atomic E-state index is 12.1. The van der Waals surface area contributed by atoms with Crippen LogP contribution in [-0.2, 0) is 18.3 Å². The number of aryl methyl sites for hydroxylation is 1. The van der Waals surface area contributed by atoms with E-state index in [4.69, 9.17) is 0 Å². The molecule has 0 aliphatic carbocycles. The maximum Gasteiger partial charge on any atom is 0.227 e. The molecule has 1 atom stereocenters. The van der Waals surface area contributed by atoms with E-state index < -0.39 is 0 Å². The SMILES string of the molecule is Cc1nnc(C[C@H](C)C(=O)Nc2ccccc2)n1C. The Morgan fingerprint density at radius 1 is 1.32 bits per heavy atom. The summed E-state index contributed by atoms with van der Waals surface area (Å²) in [6.45, 7) is 3.79. The molecule has 1 aromatic carbocycles. The molecule has 1 amide bonds. The fraction of sp³-hybridized carbons (Fsp3) is 0.357. The topological polar surface area (TPSA) is 59.8 Å². The third kappa shape index (κ3) is 3.19. The fourth-order valence-corrected chi connectivity index (χ4v) is 1.78. The molecular formula is C14H18N4O. The van der Waals surface area contributed by atoms with Gasteiger partial charge in [-0.15, -0.1) is 10.2 Å². The summed E-state index contributed by atoms with van der Waals surface area (Å²) in [5.74, 6) is 1.52. The Kier molecular flexibility index (Phi) is 3.94. The number of anilines is 1. The van der Waals surface area contributed by atoms with E-state index in [0.29, 0.717) is 6.42 Å². The Balaban J connectivity index is 1.98. The van der Waals surface area contributed by atoms with Crippen LogP contribution in [0.4, 0.5) is 5.69 Å². The van der Waals surface area contributed by atoms with Crippen LogP contribution in [0.5, 0.6) is 0 Å². The third-order valence-corrected chi connectivity index (χ3v) is 3.16. The van der Waals surface area contributed by atoms with Crippen molar-refractivity contribution in [3.8, 4) is 0 Å². The van der Waals surface area contributed by atoms with Gasteiger partial charge in [0.1, 0.15) is 11.6 Å². The zero-order valence-electron chi connectivity index (χ0n) is 11.4. The predicted molar refractivity (Wildman–Crippen MR) is 73.7 cm³/mol. The van der Waals surface area contributed by atoms with Crippen molar-refractivity contribution in [1.29, 1.82) is 0 Å². The molecule has 5 nitrogen and oxygen atoms in total. The summed E-state index contributed by atoms with van der Waals surface area (Å²) < 4.78 is 1.91. The van der Waals surface area contributed by atoms with Crippen LogP contribution in [0.15, 0.2) is 30.3 Å². The summed E-state index contributed by atoms with van der Waals surface area (Å²) in [6, 6.07) is 9.45. The molecule has 1 heterocycles. The van der Waals surface area contributed by atoms with Gasteiger partial charge in [-0.2, -0.15) is 0 Å². The Morgan fingerprint density at radius 3 is 2.58 bits per heavy atom. The second kappa shape index (κ2) is 5.65. The van der Waals surface area contributed by atoms with Crippen molar-refractivity contribution in [3.05, 3.63) is 42.0 Å². The van der Waals surface area contributed by atoms with Crippen LogP contribution < -0.4 is 5.32 Å². The van der Waals surface area contributed by atoms with Crippen LogP contribution in [0.3, 0.4) is 0 Å². The number of nitrogens with one attached hydrogen (secondary N) is 1. The Bertz CT molecular complexity index is 562. The Morgan fingerprint density at radius 2 is 2.00 bits per heavy atom. The van der Waals surface area contributed by atoms with Gasteiger partial charge < -0.3 is 9.88 Å². The molecule has 0 bridgehead atoms. The fourth-order valence-electron chi connectivity index (χ4n) is 1.78. The predicted octanol–water partition coefficient (Wildman–Crippen LogP) is 1.94. The zero-order valence-corrected chi connectivity index (χ0v) is 11.4. The average molecular weight is 258 g/mol. The monoisotopic (exact) mass is 258 g/mol. The number of benzene rings is 1. The highest BCUT2D eigenvalue weighted by atomic mass is 16.1. The maximum absolute atomic E-state index is 12.1. The number of hydrogen-bond donors (Lipinski definition) is 1. The first kappa shape index (κ1) is 13.3. The standard InChI is InChI=1S/C14H18N4O/c1-10(9-13-17-16-11(2)18(13)3)14(19)15-12-7-5-4-6-8-12/h4-8,10H,9H2,1-3H3,(H,15,19)/t10-/m0/s1. The Hall–Kier alpha value is -2.17. The van der Waals surface area contributed by atoms with Crippen molar-refractivity contribution >= 4 is 11.6 Å². The number of carbonyl (C=O) groups excluding carboxylic acids is 1. The highest BCUT2D eigenvalue weighted by Crippen LogP contribution is 2.11. The van der Waals surface area contributed by atoms with Gasteiger partial charge in [0.15, 0.2) is 0 Å². The molecule has 100 valence electrons. The second-order valence-corrected chi connectivity index (χ2v) is 4.68. The van der Waals surface area contributed by atoms with Gasteiger partial charge >= 0.3 is 0 Å². The number of carbonyl (C=O) groups is 1. The number of hydrogen-bond acceptors (Lipinski definition) is 3. The molecule has 2 rings (SSSR count). The summed E-state index contributed by atoms with van der Waals surface area (Å²) in [5.41, 5.74) is 0.813. The van der Waals surface area contributed by atoms with E-state index in [1.165, 1.54) is 0 Å². The first-order valence-corrected chi connectivity index (χ1v) is 6.28.